The first-order valence-electron chi connectivity index (χ1n) is 9.02. The van der Waals surface area contributed by atoms with Crippen LogP contribution in [0.4, 0.5) is 0 Å². The lowest BCUT2D eigenvalue weighted by Crippen LogP contribution is -2.53. The molecule has 2 aliphatic heterocycles. The van der Waals surface area contributed by atoms with Crippen molar-refractivity contribution in [3.8, 4) is 0 Å². The first-order valence-corrected chi connectivity index (χ1v) is 11.2. The molecule has 2 aromatic carbocycles. The largest absolute Gasteiger partial charge is 0.364 e. The SMILES string of the molecule is OC1(NC2=NCCS2)C(=Cc2ccccc2)CSCC1=Cc1ccccc1. The average molecular weight is 395 g/mol. The minimum Gasteiger partial charge on any atom is -0.364 e. The Morgan fingerprint density at radius 2 is 1.44 bits per heavy atom. The van der Waals surface area contributed by atoms with Gasteiger partial charge in [-0.2, -0.15) is 11.8 Å². The molecule has 1 fully saturated rings. The van der Waals surface area contributed by atoms with Gasteiger partial charge in [-0.05, 0) is 34.4 Å². The van der Waals surface area contributed by atoms with E-state index in [0.29, 0.717) is 0 Å². The molecule has 0 bridgehead atoms. The molecule has 0 spiro atoms. The van der Waals surface area contributed by atoms with E-state index in [4.69, 9.17) is 0 Å². The van der Waals surface area contributed by atoms with Gasteiger partial charge >= 0.3 is 0 Å². The second-order valence-electron chi connectivity index (χ2n) is 6.52. The lowest BCUT2D eigenvalue weighted by Gasteiger charge is -2.38. The Hall–Kier alpha value is -1.95. The molecule has 138 valence electrons. The van der Waals surface area contributed by atoms with Crippen molar-refractivity contribution < 1.29 is 5.11 Å². The number of nitrogens with one attached hydrogen (secondary N) is 1. The summed E-state index contributed by atoms with van der Waals surface area (Å²) >= 11 is 3.50. The molecule has 4 rings (SSSR count). The van der Waals surface area contributed by atoms with Gasteiger partial charge in [-0.25, -0.2) is 0 Å². The van der Waals surface area contributed by atoms with Crippen LogP contribution in [0.15, 0.2) is 76.8 Å². The van der Waals surface area contributed by atoms with Crippen LogP contribution in [0.2, 0.25) is 0 Å². The third kappa shape index (κ3) is 4.32. The lowest BCUT2D eigenvalue weighted by atomic mass is 9.92. The number of rotatable bonds is 3. The van der Waals surface area contributed by atoms with Crippen molar-refractivity contribution >= 4 is 40.8 Å². The molecule has 2 heterocycles. The van der Waals surface area contributed by atoms with Crippen LogP contribution < -0.4 is 5.32 Å². The van der Waals surface area contributed by atoms with Crippen molar-refractivity contribution in [1.29, 1.82) is 0 Å². The first kappa shape index (κ1) is 18.4. The zero-order chi connectivity index (χ0) is 18.5. The summed E-state index contributed by atoms with van der Waals surface area (Å²) in [6.07, 6.45) is 4.19. The minimum absolute atomic E-state index is 0.780. The Morgan fingerprint density at radius 3 is 1.93 bits per heavy atom. The number of thioether (sulfide) groups is 2. The Balaban J connectivity index is 1.75. The van der Waals surface area contributed by atoms with Gasteiger partial charge in [0.25, 0.3) is 0 Å². The maximum absolute atomic E-state index is 11.8. The molecule has 27 heavy (non-hydrogen) atoms. The highest BCUT2D eigenvalue weighted by Crippen LogP contribution is 2.37. The van der Waals surface area contributed by atoms with Crippen LogP contribution in [0.1, 0.15) is 11.1 Å². The summed E-state index contributed by atoms with van der Waals surface area (Å²) in [4.78, 5) is 4.51. The maximum Gasteiger partial charge on any atom is 0.184 e. The molecular weight excluding hydrogens is 372 g/mol. The zero-order valence-corrected chi connectivity index (χ0v) is 16.6. The van der Waals surface area contributed by atoms with E-state index in [1.54, 1.807) is 11.8 Å². The van der Waals surface area contributed by atoms with Gasteiger partial charge in [0, 0.05) is 17.3 Å². The van der Waals surface area contributed by atoms with Gasteiger partial charge in [0.05, 0.1) is 6.54 Å². The molecule has 0 atom stereocenters. The van der Waals surface area contributed by atoms with Crippen LogP contribution >= 0.6 is 23.5 Å². The monoisotopic (exact) mass is 394 g/mol. The van der Waals surface area contributed by atoms with Gasteiger partial charge in [-0.1, -0.05) is 72.4 Å². The standard InChI is InChI=1S/C22H22N2OS2/c25-22(24-21-23-11-12-27-21)19(13-17-7-3-1-4-8-17)15-26-16-20(22)14-18-9-5-2-6-10-18/h1-10,13-14,25H,11-12,15-16H2,(H,23,24). The Morgan fingerprint density at radius 1 is 0.889 bits per heavy atom. The molecule has 0 aliphatic carbocycles. The lowest BCUT2D eigenvalue weighted by molar-refractivity contribution is 0.104. The quantitative estimate of drug-likeness (QED) is 0.763. The van der Waals surface area contributed by atoms with E-state index >= 15 is 0 Å². The summed E-state index contributed by atoms with van der Waals surface area (Å²) in [7, 11) is 0. The van der Waals surface area contributed by atoms with E-state index in [0.717, 1.165) is 51.2 Å². The van der Waals surface area contributed by atoms with Crippen LogP contribution in [-0.4, -0.2) is 39.8 Å². The fraction of sp³-hybridized carbons (Fsp3) is 0.227. The molecule has 2 N–H and O–H groups in total. The third-order valence-corrected chi connectivity index (χ3v) is 6.52. The van der Waals surface area contributed by atoms with Crippen molar-refractivity contribution in [1.82, 2.24) is 5.32 Å². The third-order valence-electron chi connectivity index (χ3n) is 4.60. The Bertz CT molecular complexity index is 818. The van der Waals surface area contributed by atoms with Crippen LogP contribution in [-0.2, 0) is 0 Å². The van der Waals surface area contributed by atoms with E-state index in [1.807, 2.05) is 48.2 Å². The molecule has 0 aromatic heterocycles. The second kappa shape index (κ2) is 8.38. The van der Waals surface area contributed by atoms with Gasteiger partial charge in [0.1, 0.15) is 0 Å². The van der Waals surface area contributed by atoms with E-state index in [-0.39, 0.29) is 0 Å². The molecule has 0 amide bonds. The number of hydrogen-bond acceptors (Lipinski definition) is 5. The van der Waals surface area contributed by atoms with E-state index in [1.165, 1.54) is 0 Å². The number of hydrogen-bond donors (Lipinski definition) is 2. The number of amidine groups is 1. The summed E-state index contributed by atoms with van der Waals surface area (Å²) < 4.78 is 0. The molecule has 5 heteroatoms. The van der Waals surface area contributed by atoms with Crippen LogP contribution in [0.5, 0.6) is 0 Å². The van der Waals surface area contributed by atoms with Crippen LogP contribution in [0.3, 0.4) is 0 Å². The molecule has 3 nitrogen and oxygen atoms in total. The summed E-state index contributed by atoms with van der Waals surface area (Å²) in [5.74, 6) is 2.52. The first-order chi connectivity index (χ1) is 13.2. The maximum atomic E-state index is 11.8. The molecule has 2 aliphatic rings. The van der Waals surface area contributed by atoms with Crippen molar-refractivity contribution in [3.63, 3.8) is 0 Å². The second-order valence-corrected chi connectivity index (χ2v) is 8.59. The number of nitrogens with zero attached hydrogens (tertiary/aromatic N) is 1. The summed E-state index contributed by atoms with van der Waals surface area (Å²) in [6.45, 7) is 0.799. The smallest absolute Gasteiger partial charge is 0.184 e. The van der Waals surface area contributed by atoms with Crippen molar-refractivity contribution in [3.05, 3.63) is 82.9 Å². The van der Waals surface area contributed by atoms with E-state index in [2.05, 4.69) is 46.7 Å². The molecule has 0 saturated carbocycles. The van der Waals surface area contributed by atoms with Gasteiger partial charge < -0.3 is 10.4 Å². The van der Waals surface area contributed by atoms with E-state index < -0.39 is 5.72 Å². The van der Waals surface area contributed by atoms with Gasteiger partial charge in [-0.3, -0.25) is 4.99 Å². The number of aliphatic imine (C=N–C) groups is 1. The average Bonchev–Trinajstić information content (AvgIpc) is 3.20. The normalized spacial score (nSPS) is 25.6. The molecule has 0 radical (unpaired) electrons. The molecule has 1 saturated heterocycles. The highest BCUT2D eigenvalue weighted by molar-refractivity contribution is 8.14. The summed E-state index contributed by atoms with van der Waals surface area (Å²) in [6, 6.07) is 20.4. The Labute approximate surface area is 168 Å². The van der Waals surface area contributed by atoms with Gasteiger partial charge in [0.2, 0.25) is 0 Å². The fourth-order valence-electron chi connectivity index (χ4n) is 3.21. The molecule has 0 unspecified atom stereocenters. The van der Waals surface area contributed by atoms with Crippen LogP contribution in [0, 0.1) is 0 Å². The number of aliphatic hydroxyl groups is 1. The molecule has 2 aromatic rings. The van der Waals surface area contributed by atoms with Crippen LogP contribution in [0.25, 0.3) is 12.2 Å². The topological polar surface area (TPSA) is 44.6 Å². The number of benzene rings is 2. The van der Waals surface area contributed by atoms with Gasteiger partial charge in [-0.15, -0.1) is 0 Å². The highest BCUT2D eigenvalue weighted by Gasteiger charge is 2.40. The highest BCUT2D eigenvalue weighted by atomic mass is 32.2. The van der Waals surface area contributed by atoms with E-state index in [9.17, 15) is 5.11 Å². The predicted molar refractivity (Wildman–Crippen MR) is 119 cm³/mol. The molecular formula is C22H22N2OS2. The summed E-state index contributed by atoms with van der Waals surface area (Å²) in [5.41, 5.74) is 2.89. The van der Waals surface area contributed by atoms with Crippen molar-refractivity contribution in [2.45, 2.75) is 5.72 Å². The summed E-state index contributed by atoms with van der Waals surface area (Å²) in [5, 5.41) is 16.0. The predicted octanol–water partition coefficient (Wildman–Crippen LogP) is 4.28. The van der Waals surface area contributed by atoms with Crippen molar-refractivity contribution in [2.24, 2.45) is 4.99 Å². The van der Waals surface area contributed by atoms with Gasteiger partial charge in [0.15, 0.2) is 10.9 Å². The van der Waals surface area contributed by atoms with Crippen molar-refractivity contribution in [2.75, 3.05) is 23.8 Å². The Kier molecular flexibility index (Phi) is 5.72. The fourth-order valence-corrected chi connectivity index (χ4v) is 5.11. The minimum atomic E-state index is -1.22. The zero-order valence-electron chi connectivity index (χ0n) is 15.0.